The number of carbonyl (C=O) groups excluding carboxylic acids is 1. The van der Waals surface area contributed by atoms with Crippen molar-refractivity contribution in [2.45, 2.75) is 50.7 Å². The van der Waals surface area contributed by atoms with E-state index in [2.05, 4.69) is 33.1 Å². The van der Waals surface area contributed by atoms with Gasteiger partial charge in [0.15, 0.2) is 6.29 Å². The molecule has 11 nitrogen and oxygen atoms in total. The van der Waals surface area contributed by atoms with Crippen molar-refractivity contribution in [2.75, 3.05) is 12.3 Å². The first-order valence-corrected chi connectivity index (χ1v) is 16.8. The third-order valence-electron chi connectivity index (χ3n) is 8.32. The predicted octanol–water partition coefficient (Wildman–Crippen LogP) is 5.93. The molecule has 4 atom stereocenters. The number of benzene rings is 4. The zero-order chi connectivity index (χ0) is 33.5. The summed E-state index contributed by atoms with van der Waals surface area (Å²) in [5, 5.41) is 37.9. The lowest BCUT2D eigenvalue weighted by Gasteiger charge is -2.41. The van der Waals surface area contributed by atoms with Crippen LogP contribution in [0.4, 0.5) is 4.79 Å². The smallest absolute Gasteiger partial charge is 0.315 e. The summed E-state index contributed by atoms with van der Waals surface area (Å²) in [7, 11) is 0. The third kappa shape index (κ3) is 7.69. The number of aliphatic hydroxyl groups excluding tert-OH is 1. The van der Waals surface area contributed by atoms with Crippen LogP contribution in [0.25, 0.3) is 16.8 Å². The summed E-state index contributed by atoms with van der Waals surface area (Å²) in [6.45, 7) is 4.94. The first-order chi connectivity index (χ1) is 23.4. The fourth-order valence-electron chi connectivity index (χ4n) is 5.67. The molecule has 0 bridgehead atoms. The number of nitrogens with one attached hydrogen (secondary N) is 2. The number of phenolic OH excluding ortho intramolecular Hbond substituents is 1. The van der Waals surface area contributed by atoms with E-state index in [1.807, 2.05) is 79.7 Å². The minimum Gasteiger partial charge on any atom is -0.508 e. The molecule has 6 rings (SSSR count). The number of thioether (sulfide) groups is 1. The molecule has 1 fully saturated rings. The normalized spacial score (nSPS) is 19.1. The Balaban J connectivity index is 1.23. The van der Waals surface area contributed by atoms with Crippen LogP contribution in [0.5, 0.6) is 5.75 Å². The van der Waals surface area contributed by atoms with Crippen LogP contribution in [0, 0.1) is 5.92 Å². The maximum absolute atomic E-state index is 12.0. The van der Waals surface area contributed by atoms with Crippen molar-refractivity contribution in [1.29, 1.82) is 0 Å². The van der Waals surface area contributed by atoms with Gasteiger partial charge in [-0.3, -0.25) is 0 Å². The Bertz CT molecular complexity index is 1800. The summed E-state index contributed by atoms with van der Waals surface area (Å²) < 4.78 is 14.9. The highest BCUT2D eigenvalue weighted by Crippen LogP contribution is 2.43. The van der Waals surface area contributed by atoms with Crippen LogP contribution in [0.3, 0.4) is 0 Å². The lowest BCUT2D eigenvalue weighted by atomic mass is 9.91. The van der Waals surface area contributed by atoms with Crippen molar-refractivity contribution in [3.05, 3.63) is 119 Å². The largest absolute Gasteiger partial charge is 0.508 e. The van der Waals surface area contributed by atoms with E-state index in [0.29, 0.717) is 24.0 Å². The Hall–Kier alpha value is -4.75. The number of aliphatic hydroxyl groups is 1. The van der Waals surface area contributed by atoms with Gasteiger partial charge >= 0.3 is 6.03 Å². The van der Waals surface area contributed by atoms with Crippen LogP contribution < -0.4 is 10.6 Å². The maximum Gasteiger partial charge on any atom is 0.315 e. The van der Waals surface area contributed by atoms with Gasteiger partial charge in [-0.1, -0.05) is 91.5 Å². The van der Waals surface area contributed by atoms with Crippen LogP contribution in [0.2, 0.25) is 0 Å². The van der Waals surface area contributed by atoms with Gasteiger partial charge < -0.3 is 30.3 Å². The predicted molar refractivity (Wildman–Crippen MR) is 182 cm³/mol. The number of urea groups is 1. The van der Waals surface area contributed by atoms with Crippen molar-refractivity contribution < 1.29 is 24.5 Å². The monoisotopic (exact) mass is 666 g/mol. The van der Waals surface area contributed by atoms with E-state index in [1.165, 1.54) is 11.8 Å². The highest BCUT2D eigenvalue weighted by atomic mass is 32.2. The third-order valence-corrected chi connectivity index (χ3v) is 9.33. The van der Waals surface area contributed by atoms with Crippen LogP contribution in [-0.2, 0) is 22.6 Å². The van der Waals surface area contributed by atoms with Gasteiger partial charge in [-0.2, -0.15) is 4.68 Å². The highest BCUT2D eigenvalue weighted by Gasteiger charge is 2.38. The molecule has 2 heterocycles. The molecular formula is C36H38N6O5S. The molecule has 0 spiro atoms. The second-order valence-electron chi connectivity index (χ2n) is 11.5. The molecule has 0 radical (unpaired) electrons. The van der Waals surface area contributed by atoms with Gasteiger partial charge in [0.1, 0.15) is 5.75 Å². The number of hydrogen-bond acceptors (Lipinski definition) is 9. The maximum atomic E-state index is 12.0. The summed E-state index contributed by atoms with van der Waals surface area (Å²) in [6, 6.07) is 30.5. The number of tetrazole rings is 1. The molecule has 2 amide bonds. The summed E-state index contributed by atoms with van der Waals surface area (Å²) in [5.74, 6) is 0.713. The Morgan fingerprint density at radius 1 is 0.917 bits per heavy atom. The number of aromatic nitrogens is 4. The minimum absolute atomic E-state index is 0.0183. The summed E-state index contributed by atoms with van der Waals surface area (Å²) in [6.07, 6.45) is -1.12. The number of aromatic hydroxyl groups is 1. The zero-order valence-corrected chi connectivity index (χ0v) is 27.5. The molecule has 1 aromatic heterocycles. The van der Waals surface area contributed by atoms with Crippen LogP contribution in [-0.4, -0.2) is 54.9 Å². The molecule has 248 valence electrons. The number of amides is 2. The van der Waals surface area contributed by atoms with E-state index < -0.39 is 6.29 Å². The molecule has 12 heteroatoms. The van der Waals surface area contributed by atoms with E-state index in [0.717, 1.165) is 39.1 Å². The molecule has 5 aromatic rings. The topological polar surface area (TPSA) is 144 Å². The van der Waals surface area contributed by atoms with Crippen molar-refractivity contribution >= 4 is 17.8 Å². The molecule has 4 N–H and O–H groups in total. The number of ether oxygens (including phenoxy) is 2. The molecule has 0 aliphatic carbocycles. The van der Waals surface area contributed by atoms with E-state index >= 15 is 0 Å². The van der Waals surface area contributed by atoms with Gasteiger partial charge in [0.2, 0.25) is 5.16 Å². The summed E-state index contributed by atoms with van der Waals surface area (Å²) in [5.41, 5.74) is 6.51. The molecule has 1 aliphatic heterocycles. The Morgan fingerprint density at radius 3 is 2.38 bits per heavy atom. The van der Waals surface area contributed by atoms with E-state index in [-0.39, 0.29) is 36.5 Å². The van der Waals surface area contributed by atoms with E-state index in [9.17, 15) is 15.0 Å². The SMILES string of the molecule is CCNC(=O)NCc1ccccc1-c1ccc([C@@H]2O[C@H](CSc3nnnn3-c3ccc(O)cc3)[C@H](C)[C@H](c3ccc(CO)cc3)O2)cc1. The number of rotatable bonds is 11. The van der Waals surface area contributed by atoms with Gasteiger partial charge in [-0.25, -0.2) is 4.79 Å². The van der Waals surface area contributed by atoms with Gasteiger partial charge in [-0.15, -0.1) is 5.10 Å². The average Bonchev–Trinajstić information content (AvgIpc) is 3.60. The van der Waals surface area contributed by atoms with Crippen molar-refractivity contribution in [1.82, 2.24) is 30.8 Å². The highest BCUT2D eigenvalue weighted by molar-refractivity contribution is 7.99. The van der Waals surface area contributed by atoms with Crippen molar-refractivity contribution in [3.63, 3.8) is 0 Å². The van der Waals surface area contributed by atoms with Crippen molar-refractivity contribution in [3.8, 4) is 22.6 Å². The van der Waals surface area contributed by atoms with Crippen LogP contribution >= 0.6 is 11.8 Å². The Morgan fingerprint density at radius 2 is 1.65 bits per heavy atom. The first kappa shape index (κ1) is 33.2. The Labute approximate surface area is 283 Å². The molecule has 0 saturated carbocycles. The second kappa shape index (κ2) is 15.4. The minimum atomic E-state index is -0.633. The molecule has 1 saturated heterocycles. The number of phenols is 1. The van der Waals surface area contributed by atoms with E-state index in [1.54, 1.807) is 28.9 Å². The van der Waals surface area contributed by atoms with Crippen LogP contribution in [0.15, 0.2) is 102 Å². The van der Waals surface area contributed by atoms with Crippen LogP contribution in [0.1, 0.15) is 48.5 Å². The Kier molecular flexibility index (Phi) is 10.7. The lowest BCUT2D eigenvalue weighted by Crippen LogP contribution is -2.38. The van der Waals surface area contributed by atoms with Gasteiger partial charge in [-0.05, 0) is 69.4 Å². The standard InChI is InChI=1S/C36H38N6O5S/c1-3-37-35(45)38-20-28-6-4-5-7-31(28)25-12-14-27(15-13-25)34-46-32(23(2)33(47-34)26-10-8-24(21-43)9-11-26)22-48-36-39-40-41-42(36)29-16-18-30(44)19-17-29/h4-19,23,32-34,43-44H,3,20-22H2,1-2H3,(H2,37,38,45)/t23-,32+,33+,34+/m0/s1. The molecule has 1 aliphatic rings. The fourth-order valence-corrected chi connectivity index (χ4v) is 6.72. The molecule has 0 unspecified atom stereocenters. The lowest BCUT2D eigenvalue weighted by molar-refractivity contribution is -0.268. The number of carbonyl (C=O) groups is 1. The summed E-state index contributed by atoms with van der Waals surface area (Å²) >= 11 is 1.49. The number of hydrogen-bond donors (Lipinski definition) is 4. The quantitative estimate of drug-likeness (QED) is 0.126. The van der Waals surface area contributed by atoms with Gasteiger partial charge in [0.05, 0.1) is 24.5 Å². The van der Waals surface area contributed by atoms with Crippen molar-refractivity contribution in [2.24, 2.45) is 5.92 Å². The zero-order valence-electron chi connectivity index (χ0n) is 26.7. The molecule has 4 aromatic carbocycles. The second-order valence-corrected chi connectivity index (χ2v) is 12.5. The van der Waals surface area contributed by atoms with Gasteiger partial charge in [0, 0.05) is 30.3 Å². The molecule has 48 heavy (non-hydrogen) atoms. The summed E-state index contributed by atoms with van der Waals surface area (Å²) in [4.78, 5) is 12.0. The van der Waals surface area contributed by atoms with E-state index in [4.69, 9.17) is 9.47 Å². The van der Waals surface area contributed by atoms with Gasteiger partial charge in [0.25, 0.3) is 0 Å². The first-order valence-electron chi connectivity index (χ1n) is 15.8. The number of nitrogens with zero attached hydrogens (tertiary/aromatic N) is 4. The fraction of sp³-hybridized carbons (Fsp3) is 0.278. The average molecular weight is 667 g/mol. The molecular weight excluding hydrogens is 629 g/mol.